The summed E-state index contributed by atoms with van der Waals surface area (Å²) < 4.78 is 16.8. The fourth-order valence-corrected chi connectivity index (χ4v) is 3.90. The molecular formula is C28H27NO4. The Bertz CT molecular complexity index is 1300. The summed E-state index contributed by atoms with van der Waals surface area (Å²) >= 11 is 0. The van der Waals surface area contributed by atoms with Crippen molar-refractivity contribution < 1.29 is 18.7 Å². The number of carbonyl (C=O) groups excluding carboxylic acids is 1. The number of hydrogen-bond acceptors (Lipinski definition) is 4. The first-order chi connectivity index (χ1) is 16.0. The van der Waals surface area contributed by atoms with Gasteiger partial charge >= 0.3 is 0 Å². The molecule has 33 heavy (non-hydrogen) atoms. The van der Waals surface area contributed by atoms with E-state index >= 15 is 0 Å². The number of methoxy groups -OCH3 is 2. The number of amides is 1. The molecule has 1 N–H and O–H groups in total. The molecule has 1 aromatic heterocycles. The minimum atomic E-state index is -0.161. The van der Waals surface area contributed by atoms with Crippen molar-refractivity contribution in [2.45, 2.75) is 19.9 Å². The first kappa shape index (κ1) is 22.2. The van der Waals surface area contributed by atoms with Crippen LogP contribution in [0.2, 0.25) is 0 Å². The first-order valence-electron chi connectivity index (χ1n) is 10.8. The van der Waals surface area contributed by atoms with Gasteiger partial charge in [-0.1, -0.05) is 42.5 Å². The number of furan rings is 1. The molecule has 4 aromatic rings. The van der Waals surface area contributed by atoms with Gasteiger partial charge in [-0.25, -0.2) is 0 Å². The number of allylic oxidation sites excluding steroid dienone is 1. The van der Waals surface area contributed by atoms with Crippen molar-refractivity contribution in [1.82, 2.24) is 5.32 Å². The van der Waals surface area contributed by atoms with E-state index in [0.29, 0.717) is 11.3 Å². The second-order valence-electron chi connectivity index (χ2n) is 7.90. The number of fused-ring (bicyclic) bond motifs is 1. The van der Waals surface area contributed by atoms with E-state index in [-0.39, 0.29) is 11.9 Å². The van der Waals surface area contributed by atoms with Crippen molar-refractivity contribution in [3.8, 4) is 22.6 Å². The van der Waals surface area contributed by atoms with Crippen molar-refractivity contribution in [3.05, 3.63) is 90.2 Å². The summed E-state index contributed by atoms with van der Waals surface area (Å²) in [5.41, 5.74) is 5.32. The zero-order chi connectivity index (χ0) is 23.4. The van der Waals surface area contributed by atoms with Crippen molar-refractivity contribution in [2.75, 3.05) is 14.2 Å². The van der Waals surface area contributed by atoms with E-state index in [1.54, 1.807) is 26.6 Å². The van der Waals surface area contributed by atoms with Gasteiger partial charge in [-0.2, -0.15) is 0 Å². The Morgan fingerprint density at radius 3 is 2.52 bits per heavy atom. The lowest BCUT2D eigenvalue weighted by Gasteiger charge is -2.14. The molecule has 1 amide bonds. The van der Waals surface area contributed by atoms with Gasteiger partial charge in [0, 0.05) is 28.7 Å². The van der Waals surface area contributed by atoms with Crippen LogP contribution < -0.4 is 14.8 Å². The number of benzene rings is 3. The summed E-state index contributed by atoms with van der Waals surface area (Å²) in [4.78, 5) is 12.7. The van der Waals surface area contributed by atoms with E-state index in [1.807, 2.05) is 80.6 Å². The standard InChI is InChI=1S/C28H27NO4/c1-18(13-28(30)29-19(2)20-9-6-5-7-10-20)23-15-24-25(17-33-27(24)16-26(23)32-4)21-11-8-12-22(14-21)31-3/h5-17,19H,1-4H3,(H,29,30)/b18-13+. The van der Waals surface area contributed by atoms with E-state index in [2.05, 4.69) is 5.32 Å². The van der Waals surface area contributed by atoms with Crippen molar-refractivity contribution >= 4 is 22.4 Å². The third kappa shape index (κ3) is 4.77. The zero-order valence-corrected chi connectivity index (χ0v) is 19.2. The Labute approximate surface area is 193 Å². The van der Waals surface area contributed by atoms with Crippen LogP contribution in [0.1, 0.15) is 31.0 Å². The van der Waals surface area contributed by atoms with Crippen LogP contribution >= 0.6 is 0 Å². The van der Waals surface area contributed by atoms with Gasteiger partial charge in [-0.3, -0.25) is 4.79 Å². The van der Waals surface area contributed by atoms with E-state index in [9.17, 15) is 4.79 Å². The Morgan fingerprint density at radius 1 is 1.00 bits per heavy atom. The van der Waals surface area contributed by atoms with Crippen molar-refractivity contribution in [2.24, 2.45) is 0 Å². The van der Waals surface area contributed by atoms with E-state index < -0.39 is 0 Å². The Kier molecular flexibility index (Phi) is 6.50. The molecule has 0 bridgehead atoms. The topological polar surface area (TPSA) is 60.7 Å². The molecule has 0 saturated carbocycles. The van der Waals surface area contributed by atoms with Gasteiger partial charge in [0.2, 0.25) is 5.91 Å². The summed E-state index contributed by atoms with van der Waals surface area (Å²) in [6.07, 6.45) is 3.34. The average molecular weight is 442 g/mol. The SMILES string of the molecule is COc1cccc(-c2coc3cc(OC)c(/C(C)=C/C(=O)NC(C)c4ccccc4)cc23)c1. The predicted molar refractivity (Wildman–Crippen MR) is 131 cm³/mol. The smallest absolute Gasteiger partial charge is 0.244 e. The molecule has 0 aliphatic rings. The molecule has 5 heteroatoms. The Hall–Kier alpha value is -3.99. The molecule has 1 unspecified atom stereocenters. The highest BCUT2D eigenvalue weighted by Crippen LogP contribution is 2.38. The molecule has 4 rings (SSSR count). The van der Waals surface area contributed by atoms with E-state index in [4.69, 9.17) is 13.9 Å². The summed E-state index contributed by atoms with van der Waals surface area (Å²) in [6, 6.07) is 21.5. The molecule has 0 radical (unpaired) electrons. The molecule has 0 fully saturated rings. The van der Waals surface area contributed by atoms with Crippen LogP contribution in [-0.2, 0) is 4.79 Å². The van der Waals surface area contributed by atoms with Gasteiger partial charge in [0.1, 0.15) is 17.1 Å². The highest BCUT2D eigenvalue weighted by Gasteiger charge is 2.16. The third-order valence-electron chi connectivity index (χ3n) is 5.71. The number of nitrogens with one attached hydrogen (secondary N) is 1. The molecule has 3 aromatic carbocycles. The highest BCUT2D eigenvalue weighted by molar-refractivity contribution is 6.00. The van der Waals surface area contributed by atoms with Gasteiger partial charge in [0.15, 0.2) is 0 Å². The summed E-state index contributed by atoms with van der Waals surface area (Å²) in [6.45, 7) is 3.87. The van der Waals surface area contributed by atoms with Crippen LogP contribution in [-0.4, -0.2) is 20.1 Å². The second kappa shape index (κ2) is 9.65. The van der Waals surface area contributed by atoms with E-state index in [0.717, 1.165) is 39.0 Å². The van der Waals surface area contributed by atoms with Crippen LogP contribution in [0.25, 0.3) is 27.7 Å². The normalized spacial score (nSPS) is 12.4. The third-order valence-corrected chi connectivity index (χ3v) is 5.71. The molecule has 5 nitrogen and oxygen atoms in total. The second-order valence-corrected chi connectivity index (χ2v) is 7.90. The monoisotopic (exact) mass is 441 g/mol. The minimum Gasteiger partial charge on any atom is -0.497 e. The summed E-state index contributed by atoms with van der Waals surface area (Å²) in [5.74, 6) is 1.26. The highest BCUT2D eigenvalue weighted by atomic mass is 16.5. The summed E-state index contributed by atoms with van der Waals surface area (Å²) in [5, 5.41) is 3.96. The number of rotatable bonds is 7. The lowest BCUT2D eigenvalue weighted by Crippen LogP contribution is -2.24. The van der Waals surface area contributed by atoms with Crippen LogP contribution in [0, 0.1) is 0 Å². The van der Waals surface area contributed by atoms with Crippen molar-refractivity contribution in [3.63, 3.8) is 0 Å². The molecule has 0 aliphatic heterocycles. The number of ether oxygens (including phenoxy) is 2. The van der Waals surface area contributed by atoms with Gasteiger partial charge in [-0.15, -0.1) is 0 Å². The first-order valence-corrected chi connectivity index (χ1v) is 10.8. The molecule has 0 aliphatic carbocycles. The molecule has 0 saturated heterocycles. The van der Waals surface area contributed by atoms with Crippen LogP contribution in [0.4, 0.5) is 0 Å². The fourth-order valence-electron chi connectivity index (χ4n) is 3.90. The van der Waals surface area contributed by atoms with Gasteiger partial charge in [0.05, 0.1) is 26.5 Å². The molecule has 1 atom stereocenters. The maximum absolute atomic E-state index is 12.7. The zero-order valence-electron chi connectivity index (χ0n) is 19.2. The Balaban J connectivity index is 1.67. The average Bonchev–Trinajstić information content (AvgIpc) is 3.26. The van der Waals surface area contributed by atoms with Crippen LogP contribution in [0.3, 0.4) is 0 Å². The minimum absolute atomic E-state index is 0.0966. The fraction of sp³-hybridized carbons (Fsp3) is 0.179. The van der Waals surface area contributed by atoms with Crippen LogP contribution in [0.5, 0.6) is 11.5 Å². The van der Waals surface area contributed by atoms with E-state index in [1.165, 1.54) is 0 Å². The molecule has 1 heterocycles. The van der Waals surface area contributed by atoms with Crippen LogP contribution in [0.15, 0.2) is 83.5 Å². The quantitative estimate of drug-likeness (QED) is 0.337. The number of hydrogen-bond donors (Lipinski definition) is 1. The largest absolute Gasteiger partial charge is 0.497 e. The van der Waals surface area contributed by atoms with Gasteiger partial charge in [-0.05, 0) is 48.7 Å². The number of carbonyl (C=O) groups is 1. The Morgan fingerprint density at radius 2 is 1.79 bits per heavy atom. The lowest BCUT2D eigenvalue weighted by atomic mass is 9.99. The van der Waals surface area contributed by atoms with Gasteiger partial charge < -0.3 is 19.2 Å². The lowest BCUT2D eigenvalue weighted by molar-refractivity contribution is -0.117. The molecule has 0 spiro atoms. The predicted octanol–water partition coefficient (Wildman–Crippen LogP) is 6.40. The van der Waals surface area contributed by atoms with Crippen molar-refractivity contribution in [1.29, 1.82) is 0 Å². The maximum Gasteiger partial charge on any atom is 0.244 e. The summed E-state index contributed by atoms with van der Waals surface area (Å²) in [7, 11) is 3.26. The molecular weight excluding hydrogens is 414 g/mol. The molecule has 168 valence electrons. The maximum atomic E-state index is 12.7. The van der Waals surface area contributed by atoms with Gasteiger partial charge in [0.25, 0.3) is 0 Å².